The van der Waals surface area contributed by atoms with E-state index in [-0.39, 0.29) is 6.04 Å². The highest BCUT2D eigenvalue weighted by Crippen LogP contribution is 2.18. The van der Waals surface area contributed by atoms with Crippen LogP contribution in [0.1, 0.15) is 25.5 Å². The standard InChI is InChI=1S/C12H16N2O/c1-3-15-12-6-4-5-11(9-12)10(2)14-8-7-13/h4-6,9-10,14H,3,8H2,1-2H3/t10-/m0/s1. The van der Waals surface area contributed by atoms with Crippen LogP contribution in [0.4, 0.5) is 0 Å². The third kappa shape index (κ3) is 3.61. The fourth-order valence-electron chi connectivity index (χ4n) is 1.36. The number of hydrogen-bond acceptors (Lipinski definition) is 3. The highest BCUT2D eigenvalue weighted by atomic mass is 16.5. The fourth-order valence-corrected chi connectivity index (χ4v) is 1.36. The number of nitriles is 1. The van der Waals surface area contributed by atoms with Gasteiger partial charge in [-0.2, -0.15) is 5.26 Å². The number of hydrogen-bond donors (Lipinski definition) is 1. The van der Waals surface area contributed by atoms with Crippen molar-refractivity contribution in [3.05, 3.63) is 29.8 Å². The van der Waals surface area contributed by atoms with Crippen LogP contribution in [0.3, 0.4) is 0 Å². The maximum absolute atomic E-state index is 8.46. The predicted octanol–water partition coefficient (Wildman–Crippen LogP) is 2.26. The lowest BCUT2D eigenvalue weighted by molar-refractivity contribution is 0.339. The molecule has 0 radical (unpaired) electrons. The van der Waals surface area contributed by atoms with Crippen molar-refractivity contribution in [3.63, 3.8) is 0 Å². The van der Waals surface area contributed by atoms with E-state index in [4.69, 9.17) is 10.00 Å². The van der Waals surface area contributed by atoms with Gasteiger partial charge in [-0.3, -0.25) is 5.32 Å². The van der Waals surface area contributed by atoms with E-state index in [2.05, 4.69) is 11.4 Å². The molecule has 0 aliphatic carbocycles. The zero-order chi connectivity index (χ0) is 11.1. The van der Waals surface area contributed by atoms with Crippen molar-refractivity contribution in [2.24, 2.45) is 0 Å². The van der Waals surface area contributed by atoms with Gasteiger partial charge >= 0.3 is 0 Å². The van der Waals surface area contributed by atoms with Crippen molar-refractivity contribution in [3.8, 4) is 11.8 Å². The molecule has 1 aromatic carbocycles. The largest absolute Gasteiger partial charge is 0.494 e. The molecule has 0 aromatic heterocycles. The van der Waals surface area contributed by atoms with Gasteiger partial charge in [0.2, 0.25) is 0 Å². The quantitative estimate of drug-likeness (QED) is 0.748. The number of benzene rings is 1. The van der Waals surface area contributed by atoms with E-state index in [1.807, 2.05) is 38.1 Å². The van der Waals surface area contributed by atoms with Gasteiger partial charge in [0.15, 0.2) is 0 Å². The Labute approximate surface area is 90.7 Å². The summed E-state index contributed by atoms with van der Waals surface area (Å²) in [7, 11) is 0. The van der Waals surface area contributed by atoms with E-state index in [0.717, 1.165) is 11.3 Å². The van der Waals surface area contributed by atoms with Crippen molar-refractivity contribution in [1.82, 2.24) is 5.32 Å². The first-order valence-corrected chi connectivity index (χ1v) is 5.11. The molecule has 1 atom stereocenters. The number of rotatable bonds is 5. The van der Waals surface area contributed by atoms with Gasteiger partial charge in [-0.05, 0) is 31.5 Å². The Bertz CT molecular complexity index is 344. The molecule has 1 N–H and O–H groups in total. The van der Waals surface area contributed by atoms with Gasteiger partial charge in [0.25, 0.3) is 0 Å². The molecule has 3 nitrogen and oxygen atoms in total. The molecular formula is C12H16N2O. The number of ether oxygens (including phenoxy) is 1. The molecular weight excluding hydrogens is 188 g/mol. The molecule has 0 aliphatic rings. The molecule has 1 rings (SSSR count). The van der Waals surface area contributed by atoms with Crippen LogP contribution in [0.15, 0.2) is 24.3 Å². The summed E-state index contributed by atoms with van der Waals surface area (Å²) in [6.45, 7) is 5.02. The second-order valence-corrected chi connectivity index (χ2v) is 3.27. The minimum Gasteiger partial charge on any atom is -0.494 e. The number of nitrogens with one attached hydrogen (secondary N) is 1. The van der Waals surface area contributed by atoms with E-state index < -0.39 is 0 Å². The van der Waals surface area contributed by atoms with E-state index in [0.29, 0.717) is 13.2 Å². The second-order valence-electron chi connectivity index (χ2n) is 3.27. The van der Waals surface area contributed by atoms with Crippen molar-refractivity contribution < 1.29 is 4.74 Å². The monoisotopic (exact) mass is 204 g/mol. The third-order valence-electron chi connectivity index (χ3n) is 2.16. The van der Waals surface area contributed by atoms with Crippen LogP contribution in [0.25, 0.3) is 0 Å². The Morgan fingerprint density at radius 3 is 3.00 bits per heavy atom. The van der Waals surface area contributed by atoms with Crippen molar-refractivity contribution in [1.29, 1.82) is 5.26 Å². The molecule has 0 aliphatic heterocycles. The first kappa shape index (κ1) is 11.5. The normalized spacial score (nSPS) is 11.8. The Balaban J connectivity index is 2.67. The molecule has 0 unspecified atom stereocenters. The zero-order valence-electron chi connectivity index (χ0n) is 9.16. The van der Waals surface area contributed by atoms with Gasteiger partial charge in [-0.15, -0.1) is 0 Å². The summed E-state index contributed by atoms with van der Waals surface area (Å²) >= 11 is 0. The van der Waals surface area contributed by atoms with Gasteiger partial charge < -0.3 is 4.74 Å². The molecule has 0 spiro atoms. The van der Waals surface area contributed by atoms with Crippen molar-refractivity contribution >= 4 is 0 Å². The summed E-state index contributed by atoms with van der Waals surface area (Å²) in [5.74, 6) is 0.876. The van der Waals surface area contributed by atoms with Gasteiger partial charge in [0.1, 0.15) is 5.75 Å². The lowest BCUT2D eigenvalue weighted by Gasteiger charge is -2.13. The van der Waals surface area contributed by atoms with Crippen LogP contribution in [0.5, 0.6) is 5.75 Å². The maximum atomic E-state index is 8.46. The molecule has 0 bridgehead atoms. The third-order valence-corrected chi connectivity index (χ3v) is 2.16. The van der Waals surface area contributed by atoms with Gasteiger partial charge in [0, 0.05) is 6.04 Å². The van der Waals surface area contributed by atoms with E-state index in [9.17, 15) is 0 Å². The number of nitrogens with zero attached hydrogens (tertiary/aromatic N) is 1. The molecule has 15 heavy (non-hydrogen) atoms. The minimum atomic E-state index is 0.171. The minimum absolute atomic E-state index is 0.171. The molecule has 0 saturated heterocycles. The summed E-state index contributed by atoms with van der Waals surface area (Å²) in [4.78, 5) is 0. The summed E-state index contributed by atoms with van der Waals surface area (Å²) in [5, 5.41) is 11.6. The lowest BCUT2D eigenvalue weighted by Crippen LogP contribution is -2.18. The van der Waals surface area contributed by atoms with Crippen LogP contribution in [0, 0.1) is 11.3 Å². The van der Waals surface area contributed by atoms with E-state index >= 15 is 0 Å². The molecule has 0 heterocycles. The topological polar surface area (TPSA) is 45.0 Å². The molecule has 0 saturated carbocycles. The highest BCUT2D eigenvalue weighted by Gasteiger charge is 2.04. The van der Waals surface area contributed by atoms with Crippen LogP contribution in [-0.4, -0.2) is 13.2 Å². The smallest absolute Gasteiger partial charge is 0.119 e. The van der Waals surface area contributed by atoms with E-state index in [1.165, 1.54) is 0 Å². The first-order chi connectivity index (χ1) is 7.27. The summed E-state index contributed by atoms with van der Waals surface area (Å²) in [6.07, 6.45) is 0. The van der Waals surface area contributed by atoms with Crippen LogP contribution < -0.4 is 10.1 Å². The molecule has 1 aromatic rings. The van der Waals surface area contributed by atoms with Crippen molar-refractivity contribution in [2.45, 2.75) is 19.9 Å². The highest BCUT2D eigenvalue weighted by molar-refractivity contribution is 5.30. The SMILES string of the molecule is CCOc1cccc([C@H](C)NCC#N)c1. The Hall–Kier alpha value is -1.53. The Morgan fingerprint density at radius 2 is 2.33 bits per heavy atom. The first-order valence-electron chi connectivity index (χ1n) is 5.11. The summed E-state index contributed by atoms with van der Waals surface area (Å²) < 4.78 is 5.41. The summed E-state index contributed by atoms with van der Waals surface area (Å²) in [5.41, 5.74) is 1.14. The van der Waals surface area contributed by atoms with E-state index in [1.54, 1.807) is 0 Å². The molecule has 3 heteroatoms. The molecule has 0 amide bonds. The zero-order valence-corrected chi connectivity index (χ0v) is 9.16. The average molecular weight is 204 g/mol. The second kappa shape index (κ2) is 6.05. The van der Waals surface area contributed by atoms with Crippen LogP contribution in [-0.2, 0) is 0 Å². The van der Waals surface area contributed by atoms with Crippen LogP contribution in [0.2, 0.25) is 0 Å². The fraction of sp³-hybridized carbons (Fsp3) is 0.417. The van der Waals surface area contributed by atoms with Gasteiger partial charge in [0.05, 0.1) is 19.2 Å². The molecule has 0 fully saturated rings. The Kier molecular flexibility index (Phi) is 4.65. The van der Waals surface area contributed by atoms with Crippen molar-refractivity contribution in [2.75, 3.05) is 13.2 Å². The van der Waals surface area contributed by atoms with Gasteiger partial charge in [-0.25, -0.2) is 0 Å². The Morgan fingerprint density at radius 1 is 1.53 bits per heavy atom. The predicted molar refractivity (Wildman–Crippen MR) is 59.6 cm³/mol. The maximum Gasteiger partial charge on any atom is 0.119 e. The lowest BCUT2D eigenvalue weighted by atomic mass is 10.1. The van der Waals surface area contributed by atoms with Crippen LogP contribution >= 0.6 is 0 Å². The molecule has 80 valence electrons. The average Bonchev–Trinajstić information content (AvgIpc) is 2.27. The van der Waals surface area contributed by atoms with Gasteiger partial charge in [-0.1, -0.05) is 12.1 Å². The summed E-state index contributed by atoms with van der Waals surface area (Å²) in [6, 6.07) is 10.2.